The minimum atomic E-state index is -0.188. The van der Waals surface area contributed by atoms with Crippen LogP contribution in [0.1, 0.15) is 69.8 Å². The molecule has 3 fully saturated rings. The fourth-order valence-electron chi connectivity index (χ4n) is 4.23. The first kappa shape index (κ1) is 16.8. The number of tetrazole rings is 1. The van der Waals surface area contributed by atoms with E-state index in [9.17, 15) is 4.79 Å². The molecule has 0 unspecified atom stereocenters. The lowest BCUT2D eigenvalue weighted by Gasteiger charge is -2.21. The highest BCUT2D eigenvalue weighted by Crippen LogP contribution is 2.35. The molecule has 3 aliphatic rings. The predicted octanol–water partition coefficient (Wildman–Crippen LogP) is 1.63. The Labute approximate surface area is 148 Å². The molecule has 0 aromatic carbocycles. The van der Waals surface area contributed by atoms with Gasteiger partial charge in [-0.2, -0.15) is 0 Å². The molecule has 0 spiro atoms. The molecular formula is C17H29N7O. The Morgan fingerprint density at radius 3 is 2.80 bits per heavy atom. The van der Waals surface area contributed by atoms with E-state index < -0.39 is 0 Å². The number of likely N-dealkylation sites (tertiary alicyclic amines) is 1. The lowest BCUT2D eigenvalue weighted by molar-refractivity contribution is 0.231. The van der Waals surface area contributed by atoms with Crippen molar-refractivity contribution in [3.05, 3.63) is 5.82 Å². The van der Waals surface area contributed by atoms with E-state index in [1.807, 2.05) is 11.6 Å². The van der Waals surface area contributed by atoms with Crippen molar-refractivity contribution in [2.45, 2.75) is 70.0 Å². The number of aromatic nitrogens is 4. The van der Waals surface area contributed by atoms with Gasteiger partial charge in [0.1, 0.15) is 0 Å². The van der Waals surface area contributed by atoms with Crippen LogP contribution >= 0.6 is 0 Å². The standard InChI is InChI=1S/C17H29N7O/c1-12(16-20-21-22-24(16)15-6-7-15)18-17(25)19-14-8-9-23(11-14)10-13-4-2-3-5-13/h12-15H,2-11H2,1H3,(H2,18,19,25)/t12-,14-/m0/s1. The fraction of sp³-hybridized carbons (Fsp3) is 0.882. The Morgan fingerprint density at radius 2 is 2.04 bits per heavy atom. The summed E-state index contributed by atoms with van der Waals surface area (Å²) >= 11 is 0. The summed E-state index contributed by atoms with van der Waals surface area (Å²) in [5.74, 6) is 1.61. The number of nitrogens with zero attached hydrogens (tertiary/aromatic N) is 5. The highest BCUT2D eigenvalue weighted by Gasteiger charge is 2.31. The van der Waals surface area contributed by atoms with E-state index in [0.717, 1.165) is 44.1 Å². The average Bonchev–Trinajstić information content (AvgIpc) is 3.01. The van der Waals surface area contributed by atoms with Crippen LogP contribution in [0.2, 0.25) is 0 Å². The van der Waals surface area contributed by atoms with Gasteiger partial charge >= 0.3 is 6.03 Å². The van der Waals surface area contributed by atoms with Crippen molar-refractivity contribution in [1.29, 1.82) is 0 Å². The van der Waals surface area contributed by atoms with E-state index in [1.54, 1.807) is 0 Å². The van der Waals surface area contributed by atoms with Gasteiger partial charge in [-0.25, -0.2) is 9.48 Å². The summed E-state index contributed by atoms with van der Waals surface area (Å²) < 4.78 is 1.85. The van der Waals surface area contributed by atoms with Crippen molar-refractivity contribution in [1.82, 2.24) is 35.7 Å². The van der Waals surface area contributed by atoms with Gasteiger partial charge < -0.3 is 15.5 Å². The molecule has 2 saturated carbocycles. The monoisotopic (exact) mass is 347 g/mol. The van der Waals surface area contributed by atoms with Crippen molar-refractivity contribution >= 4 is 6.03 Å². The normalized spacial score (nSPS) is 26.0. The lowest BCUT2D eigenvalue weighted by atomic mass is 10.1. The molecule has 1 aromatic rings. The second kappa shape index (κ2) is 7.27. The van der Waals surface area contributed by atoms with Crippen molar-refractivity contribution in [3.8, 4) is 0 Å². The van der Waals surface area contributed by atoms with Crippen LogP contribution in [0.25, 0.3) is 0 Å². The molecule has 2 amide bonds. The van der Waals surface area contributed by atoms with E-state index >= 15 is 0 Å². The summed E-state index contributed by atoms with van der Waals surface area (Å²) in [6.07, 6.45) is 8.81. The maximum atomic E-state index is 12.3. The second-order valence-electron chi connectivity index (χ2n) is 7.95. The smallest absolute Gasteiger partial charge is 0.315 e. The third-order valence-electron chi connectivity index (χ3n) is 5.74. The first-order valence-electron chi connectivity index (χ1n) is 9.76. The van der Waals surface area contributed by atoms with Gasteiger partial charge in [0.05, 0.1) is 12.1 Å². The Bertz CT molecular complexity index is 594. The van der Waals surface area contributed by atoms with Crippen LogP contribution < -0.4 is 10.6 Å². The third kappa shape index (κ3) is 4.11. The molecule has 1 aromatic heterocycles. The van der Waals surface area contributed by atoms with Crippen LogP contribution in [0.3, 0.4) is 0 Å². The number of hydrogen-bond acceptors (Lipinski definition) is 5. The van der Waals surface area contributed by atoms with Gasteiger partial charge in [-0.15, -0.1) is 5.10 Å². The highest BCUT2D eigenvalue weighted by molar-refractivity contribution is 5.74. The van der Waals surface area contributed by atoms with Gasteiger partial charge in [-0.05, 0) is 55.4 Å². The summed E-state index contributed by atoms with van der Waals surface area (Å²) in [6, 6.07) is 0.349. The molecule has 2 heterocycles. The van der Waals surface area contributed by atoms with Crippen LogP contribution in [-0.2, 0) is 0 Å². The minimum absolute atomic E-state index is 0.120. The number of urea groups is 1. The molecule has 0 bridgehead atoms. The highest BCUT2D eigenvalue weighted by atomic mass is 16.2. The summed E-state index contributed by atoms with van der Waals surface area (Å²) in [6.45, 7) is 5.20. The van der Waals surface area contributed by atoms with Gasteiger partial charge in [-0.3, -0.25) is 0 Å². The largest absolute Gasteiger partial charge is 0.334 e. The third-order valence-corrected chi connectivity index (χ3v) is 5.74. The predicted molar refractivity (Wildman–Crippen MR) is 93.0 cm³/mol. The zero-order valence-corrected chi connectivity index (χ0v) is 15.0. The lowest BCUT2D eigenvalue weighted by Crippen LogP contribution is -2.44. The van der Waals surface area contributed by atoms with E-state index in [-0.39, 0.29) is 18.1 Å². The summed E-state index contributed by atoms with van der Waals surface area (Å²) in [7, 11) is 0. The summed E-state index contributed by atoms with van der Waals surface area (Å²) in [4.78, 5) is 14.8. The number of carbonyl (C=O) groups is 1. The van der Waals surface area contributed by atoms with Crippen molar-refractivity contribution < 1.29 is 4.79 Å². The second-order valence-corrected chi connectivity index (χ2v) is 7.95. The molecule has 138 valence electrons. The number of nitrogens with one attached hydrogen (secondary N) is 2. The number of rotatable bonds is 6. The fourth-order valence-corrected chi connectivity index (χ4v) is 4.23. The molecule has 8 heteroatoms. The zero-order valence-electron chi connectivity index (χ0n) is 15.0. The van der Waals surface area contributed by atoms with E-state index in [2.05, 4.69) is 31.1 Å². The van der Waals surface area contributed by atoms with Crippen molar-refractivity contribution in [3.63, 3.8) is 0 Å². The molecule has 0 radical (unpaired) electrons. The topological polar surface area (TPSA) is 88.0 Å². The molecule has 1 saturated heterocycles. The van der Waals surface area contributed by atoms with Crippen LogP contribution in [0.5, 0.6) is 0 Å². The van der Waals surface area contributed by atoms with E-state index in [0.29, 0.717) is 6.04 Å². The molecule has 2 N–H and O–H groups in total. The zero-order chi connectivity index (χ0) is 17.2. The molecule has 2 aliphatic carbocycles. The quantitative estimate of drug-likeness (QED) is 0.817. The minimum Gasteiger partial charge on any atom is -0.334 e. The SMILES string of the molecule is C[C@H](NC(=O)N[C@H]1CCN(CC2CCCC2)C1)c1nnnn1C1CC1. The number of hydrogen-bond donors (Lipinski definition) is 2. The Hall–Kier alpha value is -1.70. The summed E-state index contributed by atoms with van der Waals surface area (Å²) in [5.41, 5.74) is 0. The maximum absolute atomic E-state index is 12.3. The van der Waals surface area contributed by atoms with Gasteiger partial charge in [0.2, 0.25) is 0 Å². The Kier molecular flexibility index (Phi) is 4.87. The first-order chi connectivity index (χ1) is 12.2. The molecule has 2 atom stereocenters. The van der Waals surface area contributed by atoms with E-state index in [4.69, 9.17) is 0 Å². The molecule has 25 heavy (non-hydrogen) atoms. The Balaban J connectivity index is 1.22. The summed E-state index contributed by atoms with van der Waals surface area (Å²) in [5, 5.41) is 18.0. The van der Waals surface area contributed by atoms with Gasteiger partial charge in [0, 0.05) is 25.7 Å². The molecule has 8 nitrogen and oxygen atoms in total. The van der Waals surface area contributed by atoms with Crippen LogP contribution in [0, 0.1) is 5.92 Å². The molecule has 1 aliphatic heterocycles. The van der Waals surface area contributed by atoms with Crippen molar-refractivity contribution in [2.24, 2.45) is 5.92 Å². The number of carbonyl (C=O) groups excluding carboxylic acids is 1. The van der Waals surface area contributed by atoms with E-state index in [1.165, 1.54) is 32.2 Å². The number of amides is 2. The molecular weight excluding hydrogens is 318 g/mol. The van der Waals surface area contributed by atoms with Gasteiger partial charge in [0.15, 0.2) is 5.82 Å². The Morgan fingerprint density at radius 1 is 1.24 bits per heavy atom. The van der Waals surface area contributed by atoms with Crippen LogP contribution in [0.4, 0.5) is 4.79 Å². The van der Waals surface area contributed by atoms with Crippen LogP contribution in [-0.4, -0.2) is 56.8 Å². The van der Waals surface area contributed by atoms with Gasteiger partial charge in [0.25, 0.3) is 0 Å². The van der Waals surface area contributed by atoms with Gasteiger partial charge in [-0.1, -0.05) is 12.8 Å². The maximum Gasteiger partial charge on any atom is 0.315 e. The average molecular weight is 347 g/mol. The van der Waals surface area contributed by atoms with Crippen molar-refractivity contribution in [2.75, 3.05) is 19.6 Å². The first-order valence-corrected chi connectivity index (χ1v) is 9.76. The van der Waals surface area contributed by atoms with Crippen LogP contribution in [0.15, 0.2) is 0 Å². The molecule has 4 rings (SSSR count).